The molecule has 1 unspecified atom stereocenters. The molecule has 3 rings (SSSR count). The topological polar surface area (TPSA) is 113 Å². The first kappa shape index (κ1) is 15.7. The number of aromatic nitrogens is 3. The Hall–Kier alpha value is -2.23. The van der Waals surface area contributed by atoms with Crippen molar-refractivity contribution in [1.82, 2.24) is 14.8 Å². The van der Waals surface area contributed by atoms with Crippen molar-refractivity contribution in [2.45, 2.75) is 43.0 Å². The van der Waals surface area contributed by atoms with E-state index in [1.54, 1.807) is 19.3 Å². The second kappa shape index (κ2) is 4.63. The van der Waals surface area contributed by atoms with E-state index in [2.05, 4.69) is 11.8 Å². The molecule has 3 atom stereocenters. The van der Waals surface area contributed by atoms with E-state index in [1.807, 2.05) is 0 Å². The molecule has 0 radical (unpaired) electrons. The minimum atomic E-state index is -3.83. The Kier molecular flexibility index (Phi) is 3.15. The summed E-state index contributed by atoms with van der Waals surface area (Å²) in [5.74, 6) is -1.78. The van der Waals surface area contributed by atoms with Crippen LogP contribution in [0.15, 0.2) is 19.0 Å². The summed E-state index contributed by atoms with van der Waals surface area (Å²) in [5.41, 5.74) is 0.636. The van der Waals surface area contributed by atoms with Crippen LogP contribution >= 0.6 is 0 Å². The van der Waals surface area contributed by atoms with Crippen LogP contribution in [0.5, 0.6) is 0 Å². The Labute approximate surface area is 132 Å². The molecular weight excluding hydrogens is 324 g/mol. The van der Waals surface area contributed by atoms with Crippen molar-refractivity contribution in [3.63, 3.8) is 0 Å². The number of fused-ring (bicyclic) bond motifs is 1. The van der Waals surface area contributed by atoms with E-state index < -0.39 is 37.9 Å². The van der Waals surface area contributed by atoms with Gasteiger partial charge in [0.2, 0.25) is 5.91 Å². The molecule has 0 aromatic carbocycles. The van der Waals surface area contributed by atoms with Gasteiger partial charge in [0.25, 0.3) is 0 Å². The molecule has 124 valence electrons. The number of rotatable bonds is 4. The molecule has 0 bridgehead atoms. The number of nitrogens with zero attached hydrogens (tertiary/aromatic N) is 4. The van der Waals surface area contributed by atoms with Crippen molar-refractivity contribution in [3.8, 4) is 0 Å². The van der Waals surface area contributed by atoms with Crippen LogP contribution in [0.3, 0.4) is 0 Å². The number of sulfone groups is 1. The SMILES string of the molecule is C=C(C)n1cc[n+](C[C@@]2(C)[C@H](C(=O)O)N3C(=O)CC3S2(=O)=O)n1. The van der Waals surface area contributed by atoms with Gasteiger partial charge in [-0.1, -0.05) is 6.58 Å². The van der Waals surface area contributed by atoms with Crippen molar-refractivity contribution < 1.29 is 27.8 Å². The highest BCUT2D eigenvalue weighted by molar-refractivity contribution is 7.93. The summed E-state index contributed by atoms with van der Waals surface area (Å²) >= 11 is 0. The van der Waals surface area contributed by atoms with Crippen LogP contribution in [0.4, 0.5) is 0 Å². The van der Waals surface area contributed by atoms with Crippen molar-refractivity contribution in [3.05, 3.63) is 19.0 Å². The van der Waals surface area contributed by atoms with Crippen molar-refractivity contribution >= 4 is 27.4 Å². The number of β-lactam (4-membered cyclic amide) rings is 1. The Morgan fingerprint density at radius 3 is 2.74 bits per heavy atom. The Morgan fingerprint density at radius 2 is 2.26 bits per heavy atom. The first-order chi connectivity index (χ1) is 10.6. The number of hydrogen-bond acceptors (Lipinski definition) is 5. The van der Waals surface area contributed by atoms with Crippen molar-refractivity contribution in [2.24, 2.45) is 0 Å². The number of carbonyl (C=O) groups excluding carboxylic acids is 1. The first-order valence-corrected chi connectivity index (χ1v) is 8.53. The lowest BCUT2D eigenvalue weighted by molar-refractivity contribution is -0.757. The van der Waals surface area contributed by atoms with Gasteiger partial charge in [0.05, 0.1) is 11.6 Å². The van der Waals surface area contributed by atoms with Gasteiger partial charge in [-0.25, -0.2) is 13.2 Å². The lowest BCUT2D eigenvalue weighted by Gasteiger charge is -2.35. The molecule has 0 saturated carbocycles. The van der Waals surface area contributed by atoms with Crippen molar-refractivity contribution in [2.75, 3.05) is 0 Å². The fourth-order valence-electron chi connectivity index (χ4n) is 3.22. The van der Waals surface area contributed by atoms with E-state index >= 15 is 0 Å². The van der Waals surface area contributed by atoms with Gasteiger partial charge in [-0.05, 0) is 13.8 Å². The average molecular weight is 341 g/mol. The second-order valence-corrected chi connectivity index (χ2v) is 8.69. The van der Waals surface area contributed by atoms with Crippen LogP contribution in [0.2, 0.25) is 0 Å². The molecule has 2 aliphatic rings. The largest absolute Gasteiger partial charge is 0.480 e. The summed E-state index contributed by atoms with van der Waals surface area (Å²) in [7, 11) is -3.83. The fourth-order valence-corrected chi connectivity index (χ4v) is 5.58. The smallest absolute Gasteiger partial charge is 0.328 e. The summed E-state index contributed by atoms with van der Waals surface area (Å²) in [6.07, 6.45) is 2.99. The fraction of sp³-hybridized carbons (Fsp3) is 0.538. The molecular formula is C13H17N4O5S+. The molecule has 9 nitrogen and oxygen atoms in total. The molecule has 1 aromatic heterocycles. The summed E-state index contributed by atoms with van der Waals surface area (Å²) in [6, 6.07) is -1.42. The minimum Gasteiger partial charge on any atom is -0.480 e. The zero-order chi connectivity index (χ0) is 17.2. The predicted molar refractivity (Wildman–Crippen MR) is 77.4 cm³/mol. The van der Waals surface area contributed by atoms with Crippen LogP contribution in [0.25, 0.3) is 5.70 Å². The van der Waals surface area contributed by atoms with Crippen LogP contribution in [0.1, 0.15) is 20.3 Å². The van der Waals surface area contributed by atoms with Crippen molar-refractivity contribution in [1.29, 1.82) is 0 Å². The quantitative estimate of drug-likeness (QED) is 0.547. The maximum absolute atomic E-state index is 12.8. The molecule has 0 aliphatic carbocycles. The number of aliphatic carboxylic acids is 1. The normalized spacial score (nSPS) is 31.6. The van der Waals surface area contributed by atoms with Gasteiger partial charge < -0.3 is 10.0 Å². The van der Waals surface area contributed by atoms with Gasteiger partial charge in [-0.15, -0.1) is 9.36 Å². The third kappa shape index (κ3) is 1.94. The lowest BCUT2D eigenvalue weighted by atomic mass is 9.96. The number of hydrogen-bond donors (Lipinski definition) is 1. The molecule has 2 aliphatic heterocycles. The molecule has 2 saturated heterocycles. The maximum Gasteiger partial charge on any atom is 0.328 e. The number of amides is 1. The zero-order valence-electron chi connectivity index (χ0n) is 12.7. The van der Waals surface area contributed by atoms with Crippen LogP contribution in [-0.2, 0) is 26.0 Å². The Balaban J connectivity index is 2.04. The molecule has 2 fully saturated rings. The number of allylic oxidation sites excluding steroid dienone is 1. The number of carboxylic acids is 1. The van der Waals surface area contributed by atoms with Gasteiger partial charge in [-0.2, -0.15) is 0 Å². The van der Waals surface area contributed by atoms with E-state index in [0.717, 1.165) is 4.90 Å². The van der Waals surface area contributed by atoms with E-state index in [1.165, 1.54) is 16.3 Å². The highest BCUT2D eigenvalue weighted by Crippen LogP contribution is 2.46. The van der Waals surface area contributed by atoms with Gasteiger partial charge >= 0.3 is 5.97 Å². The Morgan fingerprint density at radius 1 is 1.61 bits per heavy atom. The van der Waals surface area contributed by atoms with E-state index in [-0.39, 0.29) is 13.0 Å². The molecule has 1 aromatic rings. The predicted octanol–water partition coefficient (Wildman–Crippen LogP) is -1.14. The lowest BCUT2D eigenvalue weighted by Crippen LogP contribution is -2.60. The molecule has 1 N–H and O–H groups in total. The monoisotopic (exact) mass is 341 g/mol. The van der Waals surface area contributed by atoms with E-state index in [9.17, 15) is 23.1 Å². The van der Waals surface area contributed by atoms with Crippen LogP contribution in [0, 0.1) is 0 Å². The summed E-state index contributed by atoms with van der Waals surface area (Å²) < 4.78 is 26.7. The first-order valence-electron chi connectivity index (χ1n) is 6.98. The third-order valence-electron chi connectivity index (χ3n) is 4.50. The molecule has 0 spiro atoms. The van der Waals surface area contributed by atoms with Gasteiger partial charge in [-0.3, -0.25) is 4.79 Å². The third-order valence-corrected chi connectivity index (χ3v) is 7.27. The van der Waals surface area contributed by atoms with E-state index in [4.69, 9.17) is 0 Å². The van der Waals surface area contributed by atoms with Gasteiger partial charge in [0.15, 0.2) is 28.3 Å². The Bertz CT molecular complexity index is 829. The highest BCUT2D eigenvalue weighted by Gasteiger charge is 2.71. The van der Waals surface area contributed by atoms with Gasteiger partial charge in [0.1, 0.15) is 22.4 Å². The summed E-state index contributed by atoms with van der Waals surface area (Å²) in [4.78, 5) is 24.3. The standard InChI is InChI=1S/C13H16N4O5S/c1-8(2)16-5-4-15(14-16)7-13(3)11(12(19)20)17-9(18)6-10(17)23(13,21)22/h4-5,10-11H,1,6-7H2,2-3H3/p+1/t10?,11-,13-/m0/s1. The summed E-state index contributed by atoms with van der Waals surface area (Å²) in [6.45, 7) is 6.66. The van der Waals surface area contributed by atoms with Gasteiger partial charge in [0, 0.05) is 0 Å². The zero-order valence-corrected chi connectivity index (χ0v) is 13.5. The van der Waals surface area contributed by atoms with Crippen LogP contribution < -0.4 is 4.68 Å². The molecule has 1 amide bonds. The van der Waals surface area contributed by atoms with Crippen LogP contribution in [-0.4, -0.2) is 56.4 Å². The second-order valence-electron chi connectivity index (χ2n) is 6.12. The average Bonchev–Trinajstić information content (AvgIpc) is 2.93. The molecule has 10 heteroatoms. The number of carboxylic acid groups (broad SMARTS) is 1. The van der Waals surface area contributed by atoms with E-state index in [0.29, 0.717) is 5.70 Å². The molecule has 3 heterocycles. The summed E-state index contributed by atoms with van der Waals surface area (Å²) in [5, 5.41) is 12.6. The number of carbonyl (C=O) groups is 2. The maximum atomic E-state index is 12.8. The highest BCUT2D eigenvalue weighted by atomic mass is 32.2. The molecule has 23 heavy (non-hydrogen) atoms. The minimum absolute atomic E-state index is 0.160.